The maximum Gasteiger partial charge on any atom is 0.123 e. The molecule has 0 aromatic heterocycles. The Morgan fingerprint density at radius 1 is 1.14 bits per heavy atom. The van der Waals surface area contributed by atoms with Crippen LogP contribution in [-0.2, 0) is 13.0 Å². The van der Waals surface area contributed by atoms with Crippen LogP contribution in [-0.4, -0.2) is 12.1 Å². The summed E-state index contributed by atoms with van der Waals surface area (Å²) in [5, 5.41) is 3.42. The Morgan fingerprint density at radius 2 is 1.95 bits per heavy atom. The van der Waals surface area contributed by atoms with E-state index < -0.39 is 0 Å². The molecular weight excluding hydrogens is 258 g/mol. The Labute approximate surface area is 127 Å². The van der Waals surface area contributed by atoms with Gasteiger partial charge >= 0.3 is 0 Å². The predicted molar refractivity (Wildman–Crippen MR) is 87.7 cm³/mol. The third kappa shape index (κ3) is 2.96. The van der Waals surface area contributed by atoms with Crippen LogP contribution in [0.25, 0.3) is 11.1 Å². The van der Waals surface area contributed by atoms with Gasteiger partial charge in [0.05, 0.1) is 0 Å². The van der Waals surface area contributed by atoms with Crippen LogP contribution in [0.2, 0.25) is 0 Å². The van der Waals surface area contributed by atoms with Crippen molar-refractivity contribution < 1.29 is 4.74 Å². The first kappa shape index (κ1) is 14.2. The maximum atomic E-state index is 5.97. The second kappa shape index (κ2) is 5.53. The van der Waals surface area contributed by atoms with Crippen molar-refractivity contribution in [2.24, 2.45) is 0 Å². The molecule has 0 fully saturated rings. The molecular formula is C19H23NO. The van der Waals surface area contributed by atoms with Crippen LogP contribution in [0.3, 0.4) is 0 Å². The number of fused-ring (bicyclic) bond motifs is 1. The fraction of sp³-hybridized carbons (Fsp3) is 0.368. The van der Waals surface area contributed by atoms with Gasteiger partial charge in [-0.1, -0.05) is 37.3 Å². The smallest absolute Gasteiger partial charge is 0.123 e. The Hall–Kier alpha value is -1.80. The molecule has 21 heavy (non-hydrogen) atoms. The molecule has 2 heteroatoms. The van der Waals surface area contributed by atoms with Crippen molar-refractivity contribution in [1.82, 2.24) is 5.32 Å². The molecule has 1 aliphatic rings. The van der Waals surface area contributed by atoms with E-state index in [1.807, 2.05) is 0 Å². The monoisotopic (exact) mass is 281 g/mol. The van der Waals surface area contributed by atoms with Crippen molar-refractivity contribution in [3.05, 3.63) is 53.6 Å². The molecule has 2 aromatic rings. The zero-order valence-electron chi connectivity index (χ0n) is 13.1. The van der Waals surface area contributed by atoms with Gasteiger partial charge in [0.1, 0.15) is 11.4 Å². The molecule has 1 heterocycles. The minimum atomic E-state index is -0.0791. The summed E-state index contributed by atoms with van der Waals surface area (Å²) in [4.78, 5) is 0. The summed E-state index contributed by atoms with van der Waals surface area (Å²) in [5.41, 5.74) is 5.17. The van der Waals surface area contributed by atoms with Crippen LogP contribution < -0.4 is 10.1 Å². The fourth-order valence-corrected chi connectivity index (χ4v) is 2.99. The highest BCUT2D eigenvalue weighted by Gasteiger charge is 2.30. The summed E-state index contributed by atoms with van der Waals surface area (Å²) in [5.74, 6) is 1.04. The molecule has 0 aliphatic carbocycles. The standard InChI is InChI=1S/C19H23NO/c1-4-20-13-15-7-5-6-8-17(15)14-9-10-18-16(11-14)12-19(2,3)21-18/h5-11,20H,4,12-13H2,1-3H3. The number of rotatable bonds is 4. The van der Waals surface area contributed by atoms with E-state index >= 15 is 0 Å². The van der Waals surface area contributed by atoms with Gasteiger partial charge in [-0.2, -0.15) is 0 Å². The molecule has 0 atom stereocenters. The first-order valence-electron chi connectivity index (χ1n) is 7.70. The number of hydrogen-bond donors (Lipinski definition) is 1. The van der Waals surface area contributed by atoms with Crippen LogP contribution in [0.4, 0.5) is 0 Å². The number of hydrogen-bond acceptors (Lipinski definition) is 2. The van der Waals surface area contributed by atoms with Gasteiger partial charge in [-0.25, -0.2) is 0 Å². The summed E-state index contributed by atoms with van der Waals surface area (Å²) in [7, 11) is 0. The van der Waals surface area contributed by atoms with Gasteiger partial charge in [-0.3, -0.25) is 0 Å². The minimum Gasteiger partial charge on any atom is -0.487 e. The van der Waals surface area contributed by atoms with E-state index in [1.165, 1.54) is 22.3 Å². The van der Waals surface area contributed by atoms with Crippen molar-refractivity contribution in [3.63, 3.8) is 0 Å². The lowest BCUT2D eigenvalue weighted by molar-refractivity contribution is 0.138. The Morgan fingerprint density at radius 3 is 2.76 bits per heavy atom. The second-order valence-corrected chi connectivity index (χ2v) is 6.30. The molecule has 2 nitrogen and oxygen atoms in total. The normalized spacial score (nSPS) is 15.6. The van der Waals surface area contributed by atoms with Gasteiger partial charge in [0.15, 0.2) is 0 Å². The largest absolute Gasteiger partial charge is 0.487 e. The van der Waals surface area contributed by atoms with Gasteiger partial charge in [-0.05, 0) is 54.8 Å². The van der Waals surface area contributed by atoms with Crippen LogP contribution in [0.5, 0.6) is 5.75 Å². The van der Waals surface area contributed by atoms with Crippen molar-refractivity contribution in [3.8, 4) is 16.9 Å². The molecule has 110 valence electrons. The van der Waals surface area contributed by atoms with Crippen LogP contribution in [0.1, 0.15) is 31.9 Å². The SMILES string of the molecule is CCNCc1ccccc1-c1ccc2c(c1)CC(C)(C)O2. The number of ether oxygens (including phenoxy) is 1. The predicted octanol–water partition coefficient (Wildman–Crippen LogP) is 4.18. The van der Waals surface area contributed by atoms with Crippen molar-refractivity contribution in [2.45, 2.75) is 39.3 Å². The molecule has 0 spiro atoms. The van der Waals surface area contributed by atoms with E-state index in [0.29, 0.717) is 0 Å². The zero-order chi connectivity index (χ0) is 14.9. The molecule has 1 N–H and O–H groups in total. The minimum absolute atomic E-state index is 0.0791. The third-order valence-corrected chi connectivity index (χ3v) is 3.96. The lowest BCUT2D eigenvalue weighted by atomic mass is 9.95. The highest BCUT2D eigenvalue weighted by Crippen LogP contribution is 2.37. The van der Waals surface area contributed by atoms with Gasteiger partial charge in [0.25, 0.3) is 0 Å². The van der Waals surface area contributed by atoms with Crippen molar-refractivity contribution in [1.29, 1.82) is 0 Å². The van der Waals surface area contributed by atoms with Gasteiger partial charge in [0.2, 0.25) is 0 Å². The first-order chi connectivity index (χ1) is 10.1. The maximum absolute atomic E-state index is 5.97. The molecule has 0 saturated heterocycles. The summed E-state index contributed by atoms with van der Waals surface area (Å²) >= 11 is 0. The average Bonchev–Trinajstić information content (AvgIpc) is 2.78. The topological polar surface area (TPSA) is 21.3 Å². The Balaban J connectivity index is 1.96. The number of benzene rings is 2. The quantitative estimate of drug-likeness (QED) is 0.908. The van der Waals surface area contributed by atoms with Crippen molar-refractivity contribution >= 4 is 0 Å². The molecule has 0 unspecified atom stereocenters. The van der Waals surface area contributed by atoms with Crippen LogP contribution >= 0.6 is 0 Å². The second-order valence-electron chi connectivity index (χ2n) is 6.30. The van der Waals surface area contributed by atoms with E-state index in [1.54, 1.807) is 0 Å². The van der Waals surface area contributed by atoms with E-state index in [9.17, 15) is 0 Å². The molecule has 0 amide bonds. The molecule has 0 bridgehead atoms. The Bertz CT molecular complexity index is 646. The molecule has 0 saturated carbocycles. The number of nitrogens with one attached hydrogen (secondary N) is 1. The van der Waals surface area contributed by atoms with Gasteiger partial charge in [-0.15, -0.1) is 0 Å². The van der Waals surface area contributed by atoms with Gasteiger partial charge < -0.3 is 10.1 Å². The molecule has 2 aromatic carbocycles. The van der Waals surface area contributed by atoms with Crippen molar-refractivity contribution in [2.75, 3.05) is 6.54 Å². The molecule has 1 aliphatic heterocycles. The fourth-order valence-electron chi connectivity index (χ4n) is 2.99. The lowest BCUT2D eigenvalue weighted by Gasteiger charge is -2.16. The summed E-state index contributed by atoms with van der Waals surface area (Å²) in [6.07, 6.45) is 0.978. The summed E-state index contributed by atoms with van der Waals surface area (Å²) < 4.78 is 5.97. The molecule has 0 radical (unpaired) electrons. The molecule has 3 rings (SSSR count). The summed E-state index contributed by atoms with van der Waals surface area (Å²) in [6, 6.07) is 15.2. The highest BCUT2D eigenvalue weighted by molar-refractivity contribution is 5.69. The first-order valence-corrected chi connectivity index (χ1v) is 7.70. The average molecular weight is 281 g/mol. The summed E-state index contributed by atoms with van der Waals surface area (Å²) in [6.45, 7) is 8.32. The third-order valence-electron chi connectivity index (χ3n) is 3.96. The van der Waals surface area contributed by atoms with Crippen LogP contribution in [0, 0.1) is 0 Å². The highest BCUT2D eigenvalue weighted by atomic mass is 16.5. The van der Waals surface area contributed by atoms with Crippen LogP contribution in [0.15, 0.2) is 42.5 Å². The van der Waals surface area contributed by atoms with E-state index in [-0.39, 0.29) is 5.60 Å². The van der Waals surface area contributed by atoms with E-state index in [4.69, 9.17) is 4.74 Å². The van der Waals surface area contributed by atoms with E-state index in [0.717, 1.165) is 25.3 Å². The lowest BCUT2D eigenvalue weighted by Crippen LogP contribution is -2.24. The van der Waals surface area contributed by atoms with Gasteiger partial charge in [0, 0.05) is 13.0 Å². The Kier molecular flexibility index (Phi) is 3.73. The zero-order valence-corrected chi connectivity index (χ0v) is 13.1. The van der Waals surface area contributed by atoms with E-state index in [2.05, 4.69) is 68.6 Å².